The quantitative estimate of drug-likeness (QED) is 0.896. The first-order valence-electron chi connectivity index (χ1n) is 5.83. The van der Waals surface area contributed by atoms with Crippen molar-refractivity contribution in [2.75, 3.05) is 5.73 Å². The summed E-state index contributed by atoms with van der Waals surface area (Å²) in [6.07, 6.45) is 3.40. The maximum Gasteiger partial charge on any atom is 0.169 e. The molecule has 1 saturated carbocycles. The highest BCUT2D eigenvalue weighted by Gasteiger charge is 2.30. The van der Waals surface area contributed by atoms with Gasteiger partial charge in [0, 0.05) is 23.8 Å². The Labute approximate surface area is 104 Å². The zero-order valence-electron chi connectivity index (χ0n) is 9.76. The van der Waals surface area contributed by atoms with Gasteiger partial charge in [-0.2, -0.15) is 0 Å². The molecule has 17 heavy (non-hydrogen) atoms. The first kappa shape index (κ1) is 10.7. The summed E-state index contributed by atoms with van der Waals surface area (Å²) in [7, 11) is 0. The lowest BCUT2D eigenvalue weighted by atomic mass is 10.2. The van der Waals surface area contributed by atoms with Crippen LogP contribution in [0.1, 0.15) is 35.0 Å². The normalized spacial score (nSPS) is 15.4. The molecular formula is C11H15N5S. The van der Waals surface area contributed by atoms with Gasteiger partial charge in [0.05, 0.1) is 16.9 Å². The van der Waals surface area contributed by atoms with Crippen LogP contribution in [0.25, 0.3) is 0 Å². The van der Waals surface area contributed by atoms with E-state index < -0.39 is 0 Å². The summed E-state index contributed by atoms with van der Waals surface area (Å²) in [4.78, 5) is 5.57. The zero-order chi connectivity index (χ0) is 11.8. The number of aromatic nitrogens is 4. The number of hydrogen-bond donors (Lipinski definition) is 1. The Morgan fingerprint density at radius 3 is 3.00 bits per heavy atom. The molecule has 0 unspecified atom stereocenters. The summed E-state index contributed by atoms with van der Waals surface area (Å²) in [5.74, 6) is 1.20. The van der Waals surface area contributed by atoms with Crippen LogP contribution in [-0.4, -0.2) is 20.0 Å². The molecule has 1 aliphatic rings. The van der Waals surface area contributed by atoms with Crippen molar-refractivity contribution in [1.82, 2.24) is 20.0 Å². The van der Waals surface area contributed by atoms with Crippen LogP contribution in [0.4, 0.5) is 5.82 Å². The number of thiazole rings is 1. The van der Waals surface area contributed by atoms with Crippen molar-refractivity contribution in [3.63, 3.8) is 0 Å². The van der Waals surface area contributed by atoms with Crippen molar-refractivity contribution in [3.05, 3.63) is 21.8 Å². The average molecular weight is 249 g/mol. The van der Waals surface area contributed by atoms with E-state index in [0.717, 1.165) is 24.4 Å². The molecule has 0 aromatic carbocycles. The number of aryl methyl sites for hydroxylation is 3. The van der Waals surface area contributed by atoms with Crippen LogP contribution in [0, 0.1) is 6.92 Å². The third-order valence-corrected chi connectivity index (χ3v) is 4.16. The molecule has 0 bridgehead atoms. The Hall–Kier alpha value is -1.43. The van der Waals surface area contributed by atoms with Crippen LogP contribution in [0.15, 0.2) is 5.51 Å². The maximum absolute atomic E-state index is 5.86. The van der Waals surface area contributed by atoms with Crippen LogP contribution in [0.5, 0.6) is 0 Å². The summed E-state index contributed by atoms with van der Waals surface area (Å²) in [5.41, 5.74) is 10.0. The lowest BCUT2D eigenvalue weighted by Crippen LogP contribution is -2.07. The second kappa shape index (κ2) is 4.10. The number of nitrogen functional groups attached to an aromatic ring is 1. The first-order chi connectivity index (χ1) is 8.25. The van der Waals surface area contributed by atoms with Crippen LogP contribution >= 0.6 is 11.3 Å². The van der Waals surface area contributed by atoms with Crippen molar-refractivity contribution in [2.24, 2.45) is 0 Å². The van der Waals surface area contributed by atoms with E-state index in [9.17, 15) is 0 Å². The topological polar surface area (TPSA) is 69.6 Å². The average Bonchev–Trinajstić information content (AvgIpc) is 2.96. The van der Waals surface area contributed by atoms with Crippen LogP contribution < -0.4 is 5.73 Å². The van der Waals surface area contributed by atoms with E-state index in [4.69, 9.17) is 5.73 Å². The minimum atomic E-state index is 0.590. The van der Waals surface area contributed by atoms with Gasteiger partial charge >= 0.3 is 0 Å². The van der Waals surface area contributed by atoms with Crippen molar-refractivity contribution in [1.29, 1.82) is 0 Å². The number of hydrogen-bond acceptors (Lipinski definition) is 5. The summed E-state index contributed by atoms with van der Waals surface area (Å²) < 4.78 is 1.96. The molecule has 2 aromatic rings. The van der Waals surface area contributed by atoms with Gasteiger partial charge in [-0.1, -0.05) is 5.21 Å². The molecule has 2 N–H and O–H groups in total. The van der Waals surface area contributed by atoms with E-state index in [1.54, 1.807) is 11.3 Å². The van der Waals surface area contributed by atoms with Crippen LogP contribution in [0.2, 0.25) is 0 Å². The van der Waals surface area contributed by atoms with Gasteiger partial charge in [-0.05, 0) is 19.8 Å². The van der Waals surface area contributed by atoms with Crippen LogP contribution in [-0.2, 0) is 13.0 Å². The Morgan fingerprint density at radius 2 is 2.35 bits per heavy atom. The predicted octanol–water partition coefficient (Wildman–Crippen LogP) is 1.75. The second-order valence-corrected chi connectivity index (χ2v) is 5.41. The van der Waals surface area contributed by atoms with Gasteiger partial charge in [-0.3, -0.25) is 0 Å². The number of rotatable bonds is 4. The van der Waals surface area contributed by atoms with E-state index in [0.29, 0.717) is 11.7 Å². The summed E-state index contributed by atoms with van der Waals surface area (Å²) in [5, 5.41) is 8.11. The van der Waals surface area contributed by atoms with Gasteiger partial charge in [0.2, 0.25) is 0 Å². The highest BCUT2D eigenvalue weighted by molar-refractivity contribution is 7.09. The molecule has 0 atom stereocenters. The zero-order valence-corrected chi connectivity index (χ0v) is 10.6. The van der Waals surface area contributed by atoms with Crippen molar-refractivity contribution < 1.29 is 0 Å². The largest absolute Gasteiger partial charge is 0.381 e. The molecule has 0 spiro atoms. The molecule has 1 aliphatic carbocycles. The lowest BCUT2D eigenvalue weighted by Gasteiger charge is -2.04. The van der Waals surface area contributed by atoms with Gasteiger partial charge < -0.3 is 5.73 Å². The summed E-state index contributed by atoms with van der Waals surface area (Å²) in [6.45, 7) is 2.89. The Kier molecular flexibility index (Phi) is 2.58. The fourth-order valence-corrected chi connectivity index (χ4v) is 2.82. The molecule has 90 valence electrons. The molecule has 0 saturated heterocycles. The molecule has 5 nitrogen and oxygen atoms in total. The highest BCUT2D eigenvalue weighted by atomic mass is 32.1. The lowest BCUT2D eigenvalue weighted by molar-refractivity contribution is 0.566. The summed E-state index contributed by atoms with van der Waals surface area (Å²) in [6, 6.07) is 0. The molecule has 0 aliphatic heterocycles. The van der Waals surface area contributed by atoms with Gasteiger partial charge in [0.15, 0.2) is 5.82 Å². The van der Waals surface area contributed by atoms with Gasteiger partial charge in [-0.15, -0.1) is 16.4 Å². The number of nitrogens with zero attached hydrogens (tertiary/aromatic N) is 4. The molecule has 0 radical (unpaired) electrons. The molecule has 3 rings (SSSR count). The molecule has 1 fully saturated rings. The molecule has 0 amide bonds. The minimum absolute atomic E-state index is 0.590. The third-order valence-electron chi connectivity index (χ3n) is 3.16. The van der Waals surface area contributed by atoms with Crippen molar-refractivity contribution in [2.45, 2.75) is 38.6 Å². The van der Waals surface area contributed by atoms with E-state index in [2.05, 4.69) is 15.3 Å². The predicted molar refractivity (Wildman–Crippen MR) is 67.0 cm³/mol. The smallest absolute Gasteiger partial charge is 0.169 e. The monoisotopic (exact) mass is 249 g/mol. The first-order valence-corrected chi connectivity index (χ1v) is 6.71. The third kappa shape index (κ3) is 2.04. The number of nitrogens with two attached hydrogens (primary N) is 1. The van der Waals surface area contributed by atoms with E-state index in [1.165, 1.54) is 17.7 Å². The standard InChI is InChI=1S/C11H15N5S/c1-7-9(17-6-13-7)4-5-16-10(8-2-3-8)11(12)14-15-16/h6,8H,2-5,12H2,1H3. The maximum atomic E-state index is 5.86. The van der Waals surface area contributed by atoms with E-state index in [-0.39, 0.29) is 0 Å². The van der Waals surface area contributed by atoms with Gasteiger partial charge in [0.1, 0.15) is 0 Å². The minimum Gasteiger partial charge on any atom is -0.381 e. The summed E-state index contributed by atoms with van der Waals surface area (Å²) >= 11 is 1.70. The molecule has 6 heteroatoms. The Morgan fingerprint density at radius 1 is 1.53 bits per heavy atom. The Balaban J connectivity index is 1.75. The van der Waals surface area contributed by atoms with E-state index >= 15 is 0 Å². The SMILES string of the molecule is Cc1ncsc1CCn1nnc(N)c1C1CC1. The molecular weight excluding hydrogens is 234 g/mol. The molecule has 2 heterocycles. The molecule has 2 aromatic heterocycles. The van der Waals surface area contributed by atoms with Crippen molar-refractivity contribution in [3.8, 4) is 0 Å². The second-order valence-electron chi connectivity index (χ2n) is 4.47. The fraction of sp³-hybridized carbons (Fsp3) is 0.545. The van der Waals surface area contributed by atoms with Crippen LogP contribution in [0.3, 0.4) is 0 Å². The number of anilines is 1. The van der Waals surface area contributed by atoms with Crippen molar-refractivity contribution >= 4 is 17.2 Å². The Bertz CT molecular complexity index is 526. The fourth-order valence-electron chi connectivity index (χ4n) is 2.05. The van der Waals surface area contributed by atoms with Gasteiger partial charge in [-0.25, -0.2) is 9.67 Å². The highest BCUT2D eigenvalue weighted by Crippen LogP contribution is 2.41. The van der Waals surface area contributed by atoms with E-state index in [1.807, 2.05) is 17.1 Å². The van der Waals surface area contributed by atoms with Gasteiger partial charge in [0.25, 0.3) is 0 Å².